The van der Waals surface area contributed by atoms with Crippen LogP contribution in [-0.4, -0.2) is 6.54 Å². The second kappa shape index (κ2) is 6.67. The van der Waals surface area contributed by atoms with E-state index in [1.165, 1.54) is 6.07 Å². The Morgan fingerprint density at radius 1 is 1.50 bits per heavy atom. The van der Waals surface area contributed by atoms with E-state index in [-0.39, 0.29) is 11.9 Å². The Morgan fingerprint density at radius 3 is 2.88 bits per heavy atom. The molecule has 1 atom stereocenters. The Morgan fingerprint density at radius 2 is 2.25 bits per heavy atom. The zero-order valence-corrected chi connectivity index (χ0v) is 11.1. The van der Waals surface area contributed by atoms with Crippen LogP contribution in [0.3, 0.4) is 0 Å². The van der Waals surface area contributed by atoms with Gasteiger partial charge in [0.05, 0.1) is 4.47 Å². The van der Waals surface area contributed by atoms with Crippen molar-refractivity contribution in [3.05, 3.63) is 34.1 Å². The smallest absolute Gasteiger partial charge is 0.137 e. The van der Waals surface area contributed by atoms with Crippen LogP contribution < -0.4 is 5.32 Å². The number of rotatable bonds is 4. The van der Waals surface area contributed by atoms with E-state index in [0.717, 1.165) is 18.5 Å². The Bertz CT molecular complexity index is 406. The van der Waals surface area contributed by atoms with Crippen molar-refractivity contribution in [2.45, 2.75) is 26.3 Å². The molecule has 1 rings (SSSR count). The lowest BCUT2D eigenvalue weighted by Gasteiger charge is -2.13. The molecular weight excluding hydrogens is 269 g/mol. The van der Waals surface area contributed by atoms with Crippen LogP contribution in [0, 0.1) is 17.7 Å². The summed E-state index contributed by atoms with van der Waals surface area (Å²) in [5.74, 6) is 5.62. The van der Waals surface area contributed by atoms with E-state index in [1.54, 1.807) is 12.1 Å². The minimum absolute atomic E-state index is 0.204. The molecule has 1 aromatic carbocycles. The van der Waals surface area contributed by atoms with Gasteiger partial charge in [0.25, 0.3) is 0 Å². The second-order valence-corrected chi connectivity index (χ2v) is 4.38. The molecule has 3 heteroatoms. The largest absolute Gasteiger partial charge is 0.309 e. The topological polar surface area (TPSA) is 12.0 Å². The van der Waals surface area contributed by atoms with Crippen LogP contribution in [0.2, 0.25) is 0 Å². The molecule has 0 aromatic heterocycles. The summed E-state index contributed by atoms with van der Waals surface area (Å²) in [5.41, 5.74) is 1.07. The Labute approximate surface area is 105 Å². The maximum absolute atomic E-state index is 13.0. The first-order chi connectivity index (χ1) is 7.65. The third kappa shape index (κ3) is 3.96. The van der Waals surface area contributed by atoms with Crippen LogP contribution in [0.15, 0.2) is 22.7 Å². The zero-order valence-electron chi connectivity index (χ0n) is 9.48. The van der Waals surface area contributed by atoms with E-state index in [4.69, 9.17) is 0 Å². The fraction of sp³-hybridized carbons (Fsp3) is 0.385. The van der Waals surface area contributed by atoms with Crippen LogP contribution in [-0.2, 0) is 0 Å². The lowest BCUT2D eigenvalue weighted by atomic mass is 10.1. The maximum Gasteiger partial charge on any atom is 0.137 e. The molecule has 0 aliphatic heterocycles. The van der Waals surface area contributed by atoms with E-state index in [1.807, 2.05) is 6.92 Å². The number of hydrogen-bond donors (Lipinski definition) is 1. The average molecular weight is 284 g/mol. The van der Waals surface area contributed by atoms with Crippen molar-refractivity contribution in [1.82, 2.24) is 5.32 Å². The second-order valence-electron chi connectivity index (χ2n) is 3.53. The summed E-state index contributed by atoms with van der Waals surface area (Å²) < 4.78 is 13.5. The summed E-state index contributed by atoms with van der Waals surface area (Å²) in [6, 6.07) is 5.28. The highest BCUT2D eigenvalue weighted by molar-refractivity contribution is 9.10. The highest BCUT2D eigenvalue weighted by Crippen LogP contribution is 2.20. The molecule has 0 radical (unpaired) electrons. The standard InChI is InChI=1S/C13H15BrFN/c1-3-4-5-8-16-10(2)11-6-7-13(15)12(14)9-11/h6-7,9-10,16H,5,8H2,1-2H3. The van der Waals surface area contributed by atoms with Gasteiger partial charge in [-0.15, -0.1) is 11.8 Å². The third-order valence-electron chi connectivity index (χ3n) is 2.32. The highest BCUT2D eigenvalue weighted by atomic mass is 79.9. The molecule has 0 saturated carbocycles. The van der Waals surface area contributed by atoms with Crippen molar-refractivity contribution in [3.63, 3.8) is 0 Å². The normalized spacial score (nSPS) is 11.8. The molecule has 1 unspecified atom stereocenters. The van der Waals surface area contributed by atoms with Gasteiger partial charge in [0.2, 0.25) is 0 Å². The van der Waals surface area contributed by atoms with E-state index in [0.29, 0.717) is 4.47 Å². The monoisotopic (exact) mass is 283 g/mol. The molecule has 0 amide bonds. The van der Waals surface area contributed by atoms with Crippen molar-refractivity contribution in [2.24, 2.45) is 0 Å². The van der Waals surface area contributed by atoms with Crippen molar-refractivity contribution < 1.29 is 4.39 Å². The van der Waals surface area contributed by atoms with Gasteiger partial charge < -0.3 is 5.32 Å². The molecule has 16 heavy (non-hydrogen) atoms. The molecule has 0 aliphatic carbocycles. The molecule has 1 N–H and O–H groups in total. The predicted molar refractivity (Wildman–Crippen MR) is 68.6 cm³/mol. The average Bonchev–Trinajstić information content (AvgIpc) is 2.28. The molecule has 0 heterocycles. The lowest BCUT2D eigenvalue weighted by molar-refractivity contribution is 0.578. The molecule has 0 bridgehead atoms. The van der Waals surface area contributed by atoms with E-state index in [9.17, 15) is 4.39 Å². The first-order valence-electron chi connectivity index (χ1n) is 5.23. The Kier molecular flexibility index (Phi) is 5.51. The van der Waals surface area contributed by atoms with Gasteiger partial charge in [0, 0.05) is 19.0 Å². The van der Waals surface area contributed by atoms with Crippen LogP contribution >= 0.6 is 15.9 Å². The minimum atomic E-state index is -0.229. The number of nitrogens with one attached hydrogen (secondary N) is 1. The Hall–Kier alpha value is -0.850. The molecule has 0 fully saturated rings. The van der Waals surface area contributed by atoms with Crippen LogP contribution in [0.5, 0.6) is 0 Å². The van der Waals surface area contributed by atoms with E-state index in [2.05, 4.69) is 40.0 Å². The third-order valence-corrected chi connectivity index (χ3v) is 2.93. The first-order valence-corrected chi connectivity index (χ1v) is 6.02. The summed E-state index contributed by atoms with van der Waals surface area (Å²) in [7, 11) is 0. The minimum Gasteiger partial charge on any atom is -0.309 e. The molecule has 1 aromatic rings. The van der Waals surface area contributed by atoms with Gasteiger partial charge in [-0.05, 0) is 47.5 Å². The van der Waals surface area contributed by atoms with Gasteiger partial charge >= 0.3 is 0 Å². The van der Waals surface area contributed by atoms with Gasteiger partial charge in [-0.3, -0.25) is 0 Å². The molecule has 0 spiro atoms. The van der Waals surface area contributed by atoms with Crippen molar-refractivity contribution in [3.8, 4) is 11.8 Å². The van der Waals surface area contributed by atoms with Gasteiger partial charge in [-0.25, -0.2) is 4.39 Å². The van der Waals surface area contributed by atoms with Gasteiger partial charge in [-0.2, -0.15) is 0 Å². The summed E-state index contributed by atoms with van der Waals surface area (Å²) in [4.78, 5) is 0. The first kappa shape index (κ1) is 13.2. The van der Waals surface area contributed by atoms with Gasteiger partial charge in [0.15, 0.2) is 0 Å². The quantitative estimate of drug-likeness (QED) is 0.657. The van der Waals surface area contributed by atoms with Crippen molar-refractivity contribution in [1.29, 1.82) is 0 Å². The van der Waals surface area contributed by atoms with Crippen LogP contribution in [0.4, 0.5) is 4.39 Å². The molecule has 86 valence electrons. The lowest BCUT2D eigenvalue weighted by Crippen LogP contribution is -2.19. The van der Waals surface area contributed by atoms with Gasteiger partial charge in [-0.1, -0.05) is 6.07 Å². The number of halogens is 2. The maximum atomic E-state index is 13.0. The highest BCUT2D eigenvalue weighted by Gasteiger charge is 2.06. The molecule has 0 aliphatic rings. The fourth-order valence-electron chi connectivity index (χ4n) is 1.38. The Balaban J connectivity index is 2.54. The molecule has 0 saturated heterocycles. The SMILES string of the molecule is CC#CCCNC(C)c1ccc(F)c(Br)c1. The van der Waals surface area contributed by atoms with Gasteiger partial charge in [0.1, 0.15) is 5.82 Å². The van der Waals surface area contributed by atoms with Crippen LogP contribution in [0.25, 0.3) is 0 Å². The summed E-state index contributed by atoms with van der Waals surface area (Å²) in [6.07, 6.45) is 0.837. The molecular formula is C13H15BrFN. The summed E-state index contributed by atoms with van der Waals surface area (Å²) in [6.45, 7) is 4.73. The van der Waals surface area contributed by atoms with E-state index >= 15 is 0 Å². The van der Waals surface area contributed by atoms with Crippen LogP contribution in [0.1, 0.15) is 31.9 Å². The fourth-order valence-corrected chi connectivity index (χ4v) is 1.77. The number of benzene rings is 1. The molecule has 1 nitrogen and oxygen atoms in total. The number of hydrogen-bond acceptors (Lipinski definition) is 1. The van der Waals surface area contributed by atoms with Crippen molar-refractivity contribution in [2.75, 3.05) is 6.54 Å². The summed E-state index contributed by atoms with van der Waals surface area (Å²) in [5, 5.41) is 3.33. The summed E-state index contributed by atoms with van der Waals surface area (Å²) >= 11 is 3.18. The predicted octanol–water partition coefficient (Wildman–Crippen LogP) is 3.65. The van der Waals surface area contributed by atoms with Crippen molar-refractivity contribution >= 4 is 15.9 Å². The zero-order chi connectivity index (χ0) is 12.0. The van der Waals surface area contributed by atoms with E-state index < -0.39 is 0 Å².